The second-order valence-corrected chi connectivity index (χ2v) is 9.04. The van der Waals surface area contributed by atoms with Crippen molar-refractivity contribution in [2.45, 2.75) is 68.5 Å². The normalized spacial score (nSPS) is 13.2. The van der Waals surface area contributed by atoms with Crippen LogP contribution < -0.4 is 0 Å². The minimum atomic E-state index is 0.0694. The second-order valence-electron chi connectivity index (χ2n) is 7.60. The predicted molar refractivity (Wildman–Crippen MR) is 139 cm³/mol. The highest BCUT2D eigenvalue weighted by atomic mass is 32.1. The molecule has 0 amide bonds. The molecule has 0 bridgehead atoms. The molecule has 1 aliphatic rings. The Labute approximate surface area is 210 Å². The third kappa shape index (κ3) is 14.3. The average Bonchev–Trinajstić information content (AvgIpc) is 3.59. The molecule has 12 nitrogen and oxygen atoms in total. The smallest absolute Gasteiger partial charge is 0.160 e. The molecule has 0 fully saturated rings. The quantitative estimate of drug-likeness (QED) is 0.361. The molecule has 1 aliphatic heterocycles. The molecule has 2 N–H and O–H groups in total. The number of nitrogens with one attached hydrogen (secondary N) is 2. The van der Waals surface area contributed by atoms with Gasteiger partial charge in [0.05, 0.1) is 5.01 Å². The first-order chi connectivity index (χ1) is 16.4. The summed E-state index contributed by atoms with van der Waals surface area (Å²) in [6.07, 6.45) is 5.45. The molecule has 190 valence electrons. The van der Waals surface area contributed by atoms with Gasteiger partial charge in [-0.2, -0.15) is 15.3 Å². The monoisotopic (exact) mass is 500 g/mol. The summed E-state index contributed by atoms with van der Waals surface area (Å²) in [7, 11) is 1.85. The third-order valence-electron chi connectivity index (χ3n) is 3.73. The number of aromatic amines is 2. The molecule has 0 aliphatic carbocycles. The molecule has 0 saturated heterocycles. The van der Waals surface area contributed by atoms with Gasteiger partial charge in [-0.1, -0.05) is 0 Å². The van der Waals surface area contributed by atoms with Gasteiger partial charge in [0, 0.05) is 30.0 Å². The van der Waals surface area contributed by atoms with Crippen molar-refractivity contribution in [3.8, 4) is 0 Å². The lowest BCUT2D eigenvalue weighted by Crippen LogP contribution is -1.86. The van der Waals surface area contributed by atoms with Gasteiger partial charge in [0.1, 0.15) is 35.5 Å². The summed E-state index contributed by atoms with van der Waals surface area (Å²) >= 11 is 1.73. The lowest BCUT2D eigenvalue weighted by atomic mass is 10.6. The van der Waals surface area contributed by atoms with Crippen molar-refractivity contribution in [3.63, 3.8) is 0 Å². The molecule has 5 heterocycles. The molecule has 0 saturated carbocycles. The Morgan fingerprint density at radius 1 is 0.886 bits per heavy atom. The van der Waals surface area contributed by atoms with Crippen LogP contribution in [-0.4, -0.2) is 56.9 Å². The number of aromatic nitrogens is 9. The van der Waals surface area contributed by atoms with Gasteiger partial charge in [-0.25, -0.2) is 24.9 Å². The van der Waals surface area contributed by atoms with Gasteiger partial charge < -0.3 is 4.98 Å². The van der Waals surface area contributed by atoms with Crippen molar-refractivity contribution in [2.24, 2.45) is 22.3 Å². The number of imidazole rings is 1. The summed E-state index contributed by atoms with van der Waals surface area (Å²) in [5.41, 5.74) is 1.12. The highest BCUT2D eigenvalue weighted by Gasteiger charge is 2.01. The third-order valence-corrected chi connectivity index (χ3v) is 4.56. The van der Waals surface area contributed by atoms with Crippen molar-refractivity contribution < 1.29 is 0 Å². The van der Waals surface area contributed by atoms with Crippen LogP contribution in [0.5, 0.6) is 0 Å². The van der Waals surface area contributed by atoms with Gasteiger partial charge in [0.2, 0.25) is 0 Å². The van der Waals surface area contributed by atoms with E-state index in [1.54, 1.807) is 22.3 Å². The van der Waals surface area contributed by atoms with Gasteiger partial charge in [-0.15, -0.1) is 16.5 Å². The molecule has 13 heteroatoms. The van der Waals surface area contributed by atoms with Gasteiger partial charge in [-0.3, -0.25) is 9.78 Å². The summed E-state index contributed by atoms with van der Waals surface area (Å²) in [4.78, 5) is 24.1. The molecular formula is C22H36N12S. The maximum absolute atomic E-state index is 4.03. The summed E-state index contributed by atoms with van der Waals surface area (Å²) in [5, 5.41) is 19.0. The molecule has 0 spiro atoms. The van der Waals surface area contributed by atoms with E-state index in [1.165, 1.54) is 4.88 Å². The first-order valence-electron chi connectivity index (χ1n) is 10.9. The van der Waals surface area contributed by atoms with E-state index < -0.39 is 0 Å². The van der Waals surface area contributed by atoms with Crippen LogP contribution >= 0.6 is 11.3 Å². The first kappa shape index (κ1) is 29.4. The van der Waals surface area contributed by atoms with Crippen molar-refractivity contribution in [1.82, 2.24) is 44.9 Å². The van der Waals surface area contributed by atoms with E-state index in [4.69, 9.17) is 0 Å². The number of hydrogen-bond acceptors (Lipinski definition) is 10. The van der Waals surface area contributed by atoms with Crippen LogP contribution in [0.25, 0.3) is 0 Å². The zero-order valence-corrected chi connectivity index (χ0v) is 23.0. The summed E-state index contributed by atoms with van der Waals surface area (Å²) in [6, 6.07) is 0. The highest BCUT2D eigenvalue weighted by molar-refractivity contribution is 7.11. The SMILES string of the molecule is CC1=NC(C)N=N1.Cc1cnc(C)[nH]1.Cc1cnc(C)s1.Cc1n[nH]c(C)n1.Cc1ncn(C)n1. The number of aliphatic imine (C=N–C) groups is 1. The van der Waals surface area contributed by atoms with Gasteiger partial charge in [0.25, 0.3) is 0 Å². The Morgan fingerprint density at radius 2 is 1.60 bits per heavy atom. The maximum atomic E-state index is 4.03. The van der Waals surface area contributed by atoms with Crippen LogP contribution in [0.4, 0.5) is 0 Å². The van der Waals surface area contributed by atoms with E-state index in [0.29, 0.717) is 0 Å². The zero-order valence-electron chi connectivity index (χ0n) is 22.2. The van der Waals surface area contributed by atoms with E-state index >= 15 is 0 Å². The van der Waals surface area contributed by atoms with E-state index in [2.05, 4.69) is 62.4 Å². The van der Waals surface area contributed by atoms with Gasteiger partial charge >= 0.3 is 0 Å². The molecular weight excluding hydrogens is 464 g/mol. The molecule has 5 rings (SSSR count). The Morgan fingerprint density at radius 3 is 1.74 bits per heavy atom. The number of aryl methyl sites for hydroxylation is 8. The fourth-order valence-corrected chi connectivity index (χ4v) is 3.08. The average molecular weight is 501 g/mol. The zero-order chi connectivity index (χ0) is 26.4. The first-order valence-corrected chi connectivity index (χ1v) is 11.8. The van der Waals surface area contributed by atoms with Crippen LogP contribution in [0.2, 0.25) is 0 Å². The number of amidine groups is 1. The second kappa shape index (κ2) is 15.3. The summed E-state index contributed by atoms with van der Waals surface area (Å²) in [5.74, 6) is 4.27. The topological polar surface area (TPSA) is 151 Å². The van der Waals surface area contributed by atoms with E-state index in [1.807, 2.05) is 74.8 Å². The van der Waals surface area contributed by atoms with Gasteiger partial charge in [-0.05, 0) is 62.3 Å². The number of nitrogens with zero attached hydrogens (tertiary/aromatic N) is 10. The lowest BCUT2D eigenvalue weighted by molar-refractivity contribution is 0.756. The Balaban J connectivity index is 0.000000219. The Kier molecular flexibility index (Phi) is 12.9. The largest absolute Gasteiger partial charge is 0.346 e. The Bertz CT molecular complexity index is 962. The standard InChI is InChI=1S/C5H8N2.C5H7NS.3C4H7N3/c2*1-4-3-6-5(2)7-4;1-4-5-3-7(2)6-4;2*1-3-5-4(2)7-6-3/h3H,1-2H3,(H,6,7);2*3H,1-2H3;1-2H3,(H,5,6,7);3H,1-2H3. The summed E-state index contributed by atoms with van der Waals surface area (Å²) in [6.45, 7) is 17.3. The molecule has 0 radical (unpaired) electrons. The van der Waals surface area contributed by atoms with Crippen molar-refractivity contribution in [2.75, 3.05) is 0 Å². The van der Waals surface area contributed by atoms with E-state index in [-0.39, 0.29) is 6.17 Å². The number of thiazole rings is 1. The molecule has 1 atom stereocenters. The van der Waals surface area contributed by atoms with Crippen LogP contribution in [0, 0.1) is 48.5 Å². The van der Waals surface area contributed by atoms with Crippen molar-refractivity contribution in [3.05, 3.63) is 57.6 Å². The number of azo groups is 1. The predicted octanol–water partition coefficient (Wildman–Crippen LogP) is 4.55. The van der Waals surface area contributed by atoms with Crippen LogP contribution in [0.1, 0.15) is 52.7 Å². The fourth-order valence-electron chi connectivity index (χ4n) is 2.40. The molecule has 4 aromatic heterocycles. The highest BCUT2D eigenvalue weighted by Crippen LogP contribution is 2.07. The molecule has 1 unspecified atom stereocenters. The molecule has 0 aromatic carbocycles. The summed E-state index contributed by atoms with van der Waals surface area (Å²) < 4.78 is 1.68. The van der Waals surface area contributed by atoms with E-state index in [9.17, 15) is 0 Å². The number of rotatable bonds is 0. The van der Waals surface area contributed by atoms with Crippen molar-refractivity contribution >= 4 is 17.2 Å². The van der Waals surface area contributed by atoms with Crippen LogP contribution in [0.3, 0.4) is 0 Å². The number of H-pyrrole nitrogens is 2. The molecule has 35 heavy (non-hydrogen) atoms. The van der Waals surface area contributed by atoms with Gasteiger partial charge in [0.15, 0.2) is 6.17 Å². The minimum Gasteiger partial charge on any atom is -0.346 e. The van der Waals surface area contributed by atoms with Crippen molar-refractivity contribution in [1.29, 1.82) is 0 Å². The molecule has 4 aromatic rings. The number of hydrogen-bond donors (Lipinski definition) is 2. The Hall–Kier alpha value is -3.61. The van der Waals surface area contributed by atoms with E-state index in [0.717, 1.165) is 39.8 Å². The van der Waals surface area contributed by atoms with Crippen LogP contribution in [-0.2, 0) is 7.05 Å². The maximum Gasteiger partial charge on any atom is 0.160 e. The fraction of sp³-hybridized carbons (Fsp3) is 0.500. The minimum absolute atomic E-state index is 0.0694. The lowest BCUT2D eigenvalue weighted by Gasteiger charge is -1.82. The van der Waals surface area contributed by atoms with Crippen LogP contribution in [0.15, 0.2) is 33.9 Å².